The Morgan fingerprint density at radius 1 is 1.05 bits per heavy atom. The van der Waals surface area contributed by atoms with Gasteiger partial charge in [0.25, 0.3) is 0 Å². The minimum absolute atomic E-state index is 0.902. The van der Waals surface area contributed by atoms with E-state index in [0.29, 0.717) is 0 Å². The standard InChI is InChI=1S/C17H21NO/c1-4-18-12-14-10-9-13(2)16(11-14)15-7-5-6-8-17(15)19-3/h5-11,18H,4,12H2,1-3H3. The maximum absolute atomic E-state index is 5.46. The largest absolute Gasteiger partial charge is 0.496 e. The molecule has 0 aromatic heterocycles. The molecule has 0 atom stereocenters. The second kappa shape index (κ2) is 6.39. The highest BCUT2D eigenvalue weighted by Crippen LogP contribution is 2.32. The fraction of sp³-hybridized carbons (Fsp3) is 0.294. The number of hydrogen-bond donors (Lipinski definition) is 1. The molecule has 2 aromatic rings. The number of para-hydroxylation sites is 1. The molecule has 0 radical (unpaired) electrons. The van der Waals surface area contributed by atoms with E-state index in [-0.39, 0.29) is 0 Å². The zero-order chi connectivity index (χ0) is 13.7. The number of ether oxygens (including phenoxy) is 1. The zero-order valence-electron chi connectivity index (χ0n) is 11.9. The normalized spacial score (nSPS) is 10.5. The molecule has 19 heavy (non-hydrogen) atoms. The van der Waals surface area contributed by atoms with Crippen LogP contribution in [0.2, 0.25) is 0 Å². The van der Waals surface area contributed by atoms with Crippen LogP contribution in [0.1, 0.15) is 18.1 Å². The van der Waals surface area contributed by atoms with Crippen molar-refractivity contribution in [3.8, 4) is 16.9 Å². The number of methoxy groups -OCH3 is 1. The van der Waals surface area contributed by atoms with Crippen molar-refractivity contribution in [2.45, 2.75) is 20.4 Å². The molecule has 0 unspecified atom stereocenters. The summed E-state index contributed by atoms with van der Waals surface area (Å²) >= 11 is 0. The summed E-state index contributed by atoms with van der Waals surface area (Å²) in [5, 5.41) is 3.36. The van der Waals surface area contributed by atoms with Crippen LogP contribution in [0.25, 0.3) is 11.1 Å². The van der Waals surface area contributed by atoms with Crippen LogP contribution in [-0.4, -0.2) is 13.7 Å². The van der Waals surface area contributed by atoms with Gasteiger partial charge in [-0.1, -0.05) is 37.3 Å². The fourth-order valence-electron chi connectivity index (χ4n) is 2.21. The van der Waals surface area contributed by atoms with Crippen molar-refractivity contribution in [3.05, 3.63) is 53.6 Å². The van der Waals surface area contributed by atoms with Crippen molar-refractivity contribution >= 4 is 0 Å². The molecule has 1 N–H and O–H groups in total. The van der Waals surface area contributed by atoms with E-state index >= 15 is 0 Å². The average molecular weight is 255 g/mol. The van der Waals surface area contributed by atoms with Gasteiger partial charge in [-0.05, 0) is 42.3 Å². The summed E-state index contributed by atoms with van der Waals surface area (Å²) in [5.74, 6) is 0.922. The smallest absolute Gasteiger partial charge is 0.126 e. The Kier molecular flexibility index (Phi) is 4.58. The van der Waals surface area contributed by atoms with E-state index in [2.05, 4.69) is 43.4 Å². The van der Waals surface area contributed by atoms with Gasteiger partial charge in [-0.15, -0.1) is 0 Å². The number of nitrogens with one attached hydrogen (secondary N) is 1. The number of rotatable bonds is 5. The molecule has 2 aromatic carbocycles. The van der Waals surface area contributed by atoms with Gasteiger partial charge in [-0.3, -0.25) is 0 Å². The van der Waals surface area contributed by atoms with Gasteiger partial charge < -0.3 is 10.1 Å². The summed E-state index contributed by atoms with van der Waals surface area (Å²) in [6.07, 6.45) is 0. The SMILES string of the molecule is CCNCc1ccc(C)c(-c2ccccc2OC)c1. The highest BCUT2D eigenvalue weighted by atomic mass is 16.5. The Balaban J connectivity index is 2.42. The first-order chi connectivity index (χ1) is 9.26. The Bertz CT molecular complexity index is 549. The van der Waals surface area contributed by atoms with Crippen LogP contribution in [0, 0.1) is 6.92 Å². The number of hydrogen-bond acceptors (Lipinski definition) is 2. The van der Waals surface area contributed by atoms with Gasteiger partial charge in [0.2, 0.25) is 0 Å². The van der Waals surface area contributed by atoms with Gasteiger partial charge in [-0.2, -0.15) is 0 Å². The third-order valence-corrected chi connectivity index (χ3v) is 3.28. The van der Waals surface area contributed by atoms with Crippen molar-refractivity contribution in [1.82, 2.24) is 5.32 Å². The van der Waals surface area contributed by atoms with Gasteiger partial charge in [0.15, 0.2) is 0 Å². The van der Waals surface area contributed by atoms with E-state index in [1.165, 1.54) is 16.7 Å². The molecule has 2 nitrogen and oxygen atoms in total. The Hall–Kier alpha value is -1.80. The van der Waals surface area contributed by atoms with Crippen molar-refractivity contribution < 1.29 is 4.74 Å². The molecule has 0 aliphatic carbocycles. The summed E-state index contributed by atoms with van der Waals surface area (Å²) in [6.45, 7) is 6.14. The maximum atomic E-state index is 5.46. The van der Waals surface area contributed by atoms with Crippen LogP contribution in [0.3, 0.4) is 0 Å². The molecule has 0 heterocycles. The average Bonchev–Trinajstić information content (AvgIpc) is 2.46. The molecule has 0 aliphatic rings. The molecule has 0 saturated carbocycles. The molecule has 100 valence electrons. The third kappa shape index (κ3) is 3.15. The quantitative estimate of drug-likeness (QED) is 0.878. The summed E-state index contributed by atoms with van der Waals surface area (Å²) in [6, 6.07) is 14.8. The monoisotopic (exact) mass is 255 g/mol. The molecule has 0 saturated heterocycles. The Labute approximate surface area is 115 Å². The molecular formula is C17H21NO. The Morgan fingerprint density at radius 2 is 1.84 bits per heavy atom. The van der Waals surface area contributed by atoms with Crippen LogP contribution in [-0.2, 0) is 6.54 Å². The van der Waals surface area contributed by atoms with Crippen LogP contribution < -0.4 is 10.1 Å². The van der Waals surface area contributed by atoms with E-state index in [0.717, 1.165) is 24.4 Å². The van der Waals surface area contributed by atoms with Crippen molar-refractivity contribution in [3.63, 3.8) is 0 Å². The van der Waals surface area contributed by atoms with Gasteiger partial charge in [0.05, 0.1) is 7.11 Å². The highest BCUT2D eigenvalue weighted by molar-refractivity contribution is 5.73. The van der Waals surface area contributed by atoms with E-state index in [1.807, 2.05) is 18.2 Å². The van der Waals surface area contributed by atoms with Crippen molar-refractivity contribution in [1.29, 1.82) is 0 Å². The molecular weight excluding hydrogens is 234 g/mol. The number of benzene rings is 2. The Morgan fingerprint density at radius 3 is 2.58 bits per heavy atom. The minimum Gasteiger partial charge on any atom is -0.496 e. The third-order valence-electron chi connectivity index (χ3n) is 3.28. The molecule has 0 spiro atoms. The molecule has 2 rings (SSSR count). The first-order valence-corrected chi connectivity index (χ1v) is 6.70. The second-order valence-electron chi connectivity index (χ2n) is 4.63. The van der Waals surface area contributed by atoms with Gasteiger partial charge >= 0.3 is 0 Å². The lowest BCUT2D eigenvalue weighted by Gasteiger charge is -2.13. The van der Waals surface area contributed by atoms with Crippen LogP contribution in [0.15, 0.2) is 42.5 Å². The topological polar surface area (TPSA) is 21.3 Å². The summed E-state index contributed by atoms with van der Waals surface area (Å²) in [7, 11) is 1.72. The van der Waals surface area contributed by atoms with Gasteiger partial charge in [0.1, 0.15) is 5.75 Å². The van der Waals surface area contributed by atoms with Crippen LogP contribution >= 0.6 is 0 Å². The molecule has 0 bridgehead atoms. The second-order valence-corrected chi connectivity index (χ2v) is 4.63. The lowest BCUT2D eigenvalue weighted by molar-refractivity contribution is 0.416. The molecule has 2 heteroatoms. The molecule has 0 fully saturated rings. The first-order valence-electron chi connectivity index (χ1n) is 6.70. The number of aryl methyl sites for hydroxylation is 1. The maximum Gasteiger partial charge on any atom is 0.126 e. The lowest BCUT2D eigenvalue weighted by atomic mass is 9.97. The fourth-order valence-corrected chi connectivity index (χ4v) is 2.21. The zero-order valence-corrected chi connectivity index (χ0v) is 11.9. The predicted molar refractivity (Wildman–Crippen MR) is 80.5 cm³/mol. The summed E-state index contributed by atoms with van der Waals surface area (Å²) in [5.41, 5.74) is 4.96. The van der Waals surface area contributed by atoms with Gasteiger partial charge in [0, 0.05) is 12.1 Å². The summed E-state index contributed by atoms with van der Waals surface area (Å²) < 4.78 is 5.46. The van der Waals surface area contributed by atoms with E-state index in [9.17, 15) is 0 Å². The minimum atomic E-state index is 0.902. The lowest BCUT2D eigenvalue weighted by Crippen LogP contribution is -2.11. The van der Waals surface area contributed by atoms with Gasteiger partial charge in [-0.25, -0.2) is 0 Å². The van der Waals surface area contributed by atoms with Crippen molar-refractivity contribution in [2.75, 3.05) is 13.7 Å². The summed E-state index contributed by atoms with van der Waals surface area (Å²) in [4.78, 5) is 0. The van der Waals surface area contributed by atoms with E-state index in [1.54, 1.807) is 7.11 Å². The van der Waals surface area contributed by atoms with Crippen LogP contribution in [0.5, 0.6) is 5.75 Å². The van der Waals surface area contributed by atoms with Crippen LogP contribution in [0.4, 0.5) is 0 Å². The van der Waals surface area contributed by atoms with E-state index in [4.69, 9.17) is 4.74 Å². The van der Waals surface area contributed by atoms with Crippen molar-refractivity contribution in [2.24, 2.45) is 0 Å². The highest BCUT2D eigenvalue weighted by Gasteiger charge is 2.08. The predicted octanol–water partition coefficient (Wildman–Crippen LogP) is 3.78. The first kappa shape index (κ1) is 13.6. The molecule has 0 aliphatic heterocycles. The molecule has 0 amide bonds. The van der Waals surface area contributed by atoms with E-state index < -0.39 is 0 Å².